The zero-order valence-corrected chi connectivity index (χ0v) is 80.1. The normalized spacial score (nSPS) is 10.1. The van der Waals surface area contributed by atoms with Gasteiger partial charge in [0.2, 0.25) is 0 Å². The van der Waals surface area contributed by atoms with E-state index in [2.05, 4.69) is 175 Å². The minimum atomic E-state index is -0.246. The minimum Gasteiger partial charge on any atom is -0.456 e. The van der Waals surface area contributed by atoms with Gasteiger partial charge >= 0.3 is 35.8 Å². The number of hydrogen-bond acceptors (Lipinski definition) is 12. The second kappa shape index (κ2) is 72.6. The van der Waals surface area contributed by atoms with Crippen molar-refractivity contribution in [1.29, 1.82) is 0 Å². The lowest BCUT2D eigenvalue weighted by molar-refractivity contribution is -0.870. The van der Waals surface area contributed by atoms with Gasteiger partial charge in [-0.1, -0.05) is 221 Å². The zero-order valence-electron chi connectivity index (χ0n) is 80.1. The molecule has 0 N–H and O–H groups in total. The molecule has 0 aliphatic carbocycles. The minimum absolute atomic E-state index is 0.195. The lowest BCUT2D eigenvalue weighted by Crippen LogP contribution is -2.38. The van der Waals surface area contributed by atoms with E-state index in [9.17, 15) is 28.8 Å². The van der Waals surface area contributed by atoms with E-state index in [1.165, 1.54) is 36.0 Å². The molecule has 0 aliphatic rings. The Balaban J connectivity index is -0.000000189. The van der Waals surface area contributed by atoms with Gasteiger partial charge < -0.3 is 55.3 Å². The van der Waals surface area contributed by atoms with Crippen molar-refractivity contribution in [2.75, 3.05) is 206 Å². The van der Waals surface area contributed by atoms with Crippen LogP contribution in [0.1, 0.15) is 220 Å². The Labute approximate surface area is 699 Å². The van der Waals surface area contributed by atoms with Crippen LogP contribution in [0.2, 0.25) is 0 Å². The van der Waals surface area contributed by atoms with Crippen LogP contribution in [0.5, 0.6) is 0 Å². The Kier molecular flexibility index (Phi) is 77.4. The Morgan fingerprint density at radius 3 is 0.465 bits per heavy atom. The molecule has 114 heavy (non-hydrogen) atoms. The van der Waals surface area contributed by atoms with E-state index in [0.29, 0.717) is 67.5 Å². The molecule has 6 rings (SSSR count). The molecule has 0 aromatic heterocycles. The summed E-state index contributed by atoms with van der Waals surface area (Å²) >= 11 is 0. The van der Waals surface area contributed by atoms with Gasteiger partial charge in [-0.25, -0.2) is 28.8 Å². The van der Waals surface area contributed by atoms with Crippen molar-refractivity contribution in [3.05, 3.63) is 213 Å². The van der Waals surface area contributed by atoms with E-state index in [-0.39, 0.29) is 35.8 Å². The highest BCUT2D eigenvalue weighted by atomic mass is 16.6. The summed E-state index contributed by atoms with van der Waals surface area (Å²) in [6.45, 7) is 50.5. The highest BCUT2D eigenvalue weighted by Crippen LogP contribution is 2.27. The molecule has 0 saturated heterocycles. The van der Waals surface area contributed by atoms with Crippen molar-refractivity contribution in [3.63, 3.8) is 0 Å². The highest BCUT2D eigenvalue weighted by Gasteiger charge is 2.21. The summed E-state index contributed by atoms with van der Waals surface area (Å²) in [6.07, 6.45) is 3.89. The highest BCUT2D eigenvalue weighted by molar-refractivity contribution is 5.94. The molecule has 652 valence electrons. The average molecular weight is 1600 g/mol. The van der Waals surface area contributed by atoms with E-state index < -0.39 is 0 Å². The van der Waals surface area contributed by atoms with Crippen LogP contribution in [0.4, 0.5) is 0 Å². The van der Waals surface area contributed by atoms with E-state index in [4.69, 9.17) is 28.4 Å². The van der Waals surface area contributed by atoms with Gasteiger partial charge in [0.1, 0.15) is 78.9 Å². The van der Waals surface area contributed by atoms with E-state index >= 15 is 0 Å². The number of quaternary nitrogens is 6. The molecular weight excluding hydrogens is 1430 g/mol. The first-order valence-electron chi connectivity index (χ1n) is 41.5. The summed E-state index contributed by atoms with van der Waals surface area (Å²) in [5.41, 5.74) is 9.52. The standard InChI is InChI=1S/C17H28NO2.5C12H18NO2.C4H10.C3H8.6C2H6/c1-11-12(2)14(4)16(15(5)13(11)3)17(19)20-10-9-18(6,7)8;5*1-13(2,3)9-10-15-12(14)11-7-5-4-6-8-11;1-3-4-2;1-3-2;6*1-2/h9-10H2,1-8H3;5*4-8H,9-10H2,1-3H3;3-4H2,1-2H3;3H2,1-2H3;6*1-2H3/q6*+1;;;;;;;;. The summed E-state index contributed by atoms with van der Waals surface area (Å²) in [5, 5.41) is 0. The summed E-state index contributed by atoms with van der Waals surface area (Å²) in [5.74, 6) is -1.43. The van der Waals surface area contributed by atoms with Gasteiger partial charge in [0, 0.05) is 0 Å². The molecule has 6 aromatic carbocycles. The molecule has 0 amide bonds. The zero-order chi connectivity index (χ0) is 90.3. The quantitative estimate of drug-likeness (QED) is 0.0304. The monoisotopic (exact) mass is 1600 g/mol. The molecule has 0 aliphatic heterocycles. The third-order valence-electron chi connectivity index (χ3n) is 14.7. The van der Waals surface area contributed by atoms with Crippen LogP contribution in [0.25, 0.3) is 0 Å². The van der Waals surface area contributed by atoms with Gasteiger partial charge in [-0.3, -0.25) is 0 Å². The Bertz CT molecular complexity index is 2850. The molecule has 0 unspecified atom stereocenters. The van der Waals surface area contributed by atoms with Crippen molar-refractivity contribution < 1.29 is 84.1 Å². The number of likely N-dealkylation sites (N-methyl/N-ethyl adjacent to an activating group) is 6. The fourth-order valence-electron chi connectivity index (χ4n) is 7.64. The molecule has 0 spiro atoms. The SMILES string of the molecule is CC.CC.CC.CC.CC.CC.CCC.CCCC.C[N+](C)(C)CCOC(=O)c1ccccc1.C[N+](C)(C)CCOC(=O)c1ccccc1.C[N+](C)(C)CCOC(=O)c1ccccc1.C[N+](C)(C)CCOC(=O)c1ccccc1.C[N+](C)(C)CCOC(=O)c1ccccc1.Cc1c(C)c(C)c(C(=O)OCC[N+](C)(C)C)c(C)c1C. The molecule has 0 saturated carbocycles. The predicted molar refractivity (Wildman–Crippen MR) is 486 cm³/mol. The van der Waals surface area contributed by atoms with Crippen molar-refractivity contribution in [2.24, 2.45) is 0 Å². The second-order valence-electron chi connectivity index (χ2n) is 30.9. The number of unbranched alkanes of at least 4 members (excludes halogenated alkanes) is 1. The lowest BCUT2D eigenvalue weighted by atomic mass is 9.90. The van der Waals surface area contributed by atoms with Gasteiger partial charge in [0.05, 0.1) is 160 Å². The van der Waals surface area contributed by atoms with Crippen LogP contribution in [-0.4, -0.2) is 268 Å². The smallest absolute Gasteiger partial charge is 0.338 e. The van der Waals surface area contributed by atoms with Gasteiger partial charge in [-0.05, 0) is 123 Å². The topological polar surface area (TPSA) is 158 Å². The van der Waals surface area contributed by atoms with Crippen LogP contribution in [0.15, 0.2) is 152 Å². The number of nitrogens with zero attached hydrogens (tertiary/aromatic N) is 6. The fourth-order valence-corrected chi connectivity index (χ4v) is 7.64. The largest absolute Gasteiger partial charge is 0.456 e. The molecule has 0 fully saturated rings. The maximum atomic E-state index is 12.4. The Hall–Kier alpha value is -8.10. The first-order valence-corrected chi connectivity index (χ1v) is 41.5. The Morgan fingerprint density at radius 1 is 0.219 bits per heavy atom. The van der Waals surface area contributed by atoms with Gasteiger partial charge in [-0.2, -0.15) is 0 Å². The van der Waals surface area contributed by atoms with Crippen LogP contribution >= 0.6 is 0 Å². The van der Waals surface area contributed by atoms with E-state index in [1.54, 1.807) is 60.7 Å². The van der Waals surface area contributed by atoms with Gasteiger partial charge in [-0.15, -0.1) is 0 Å². The van der Waals surface area contributed by atoms with Crippen molar-refractivity contribution in [2.45, 2.75) is 165 Å². The second-order valence-corrected chi connectivity index (χ2v) is 30.9. The first kappa shape index (κ1) is 122. The summed E-state index contributed by atoms with van der Waals surface area (Å²) in [6, 6.07) is 45.3. The molecule has 0 atom stereocenters. The van der Waals surface area contributed by atoms with E-state index in [1.807, 2.05) is 188 Å². The van der Waals surface area contributed by atoms with Crippen LogP contribution in [0.3, 0.4) is 0 Å². The summed E-state index contributed by atoms with van der Waals surface area (Å²) < 4.78 is 36.0. The summed E-state index contributed by atoms with van der Waals surface area (Å²) in [4.78, 5) is 69.9. The molecule has 0 radical (unpaired) electrons. The van der Waals surface area contributed by atoms with Crippen LogP contribution in [0, 0.1) is 34.6 Å². The Morgan fingerprint density at radius 2 is 0.342 bits per heavy atom. The number of esters is 6. The number of ether oxygens (including phenoxy) is 6. The number of hydrogen-bond donors (Lipinski definition) is 0. The fraction of sp³-hybridized carbons (Fsp3) is 0.562. The number of carbonyl (C=O) groups excluding carboxylic acids is 6. The van der Waals surface area contributed by atoms with Crippen molar-refractivity contribution in [3.8, 4) is 0 Å². The maximum absolute atomic E-state index is 12.4. The maximum Gasteiger partial charge on any atom is 0.338 e. The number of carbonyl (C=O) groups is 6. The van der Waals surface area contributed by atoms with Crippen molar-refractivity contribution >= 4 is 35.8 Å². The van der Waals surface area contributed by atoms with Crippen LogP contribution < -0.4 is 0 Å². The number of rotatable bonds is 25. The lowest BCUT2D eigenvalue weighted by Gasteiger charge is -2.24. The summed E-state index contributed by atoms with van der Waals surface area (Å²) in [7, 11) is 37.3. The molecular formula is C96H172N6O12+6. The molecule has 6 aromatic rings. The van der Waals surface area contributed by atoms with E-state index in [0.717, 1.165) is 82.9 Å². The average Bonchev–Trinajstić information content (AvgIpc) is 0.788. The third kappa shape index (κ3) is 72.8. The van der Waals surface area contributed by atoms with Gasteiger partial charge in [0.15, 0.2) is 0 Å². The first-order chi connectivity index (χ1) is 53.3. The molecule has 0 heterocycles. The van der Waals surface area contributed by atoms with Crippen LogP contribution in [-0.2, 0) is 28.4 Å². The molecule has 18 nitrogen and oxygen atoms in total. The molecule has 18 heteroatoms. The van der Waals surface area contributed by atoms with Gasteiger partial charge in [0.25, 0.3) is 0 Å². The number of benzene rings is 6. The third-order valence-corrected chi connectivity index (χ3v) is 14.7. The van der Waals surface area contributed by atoms with Crippen molar-refractivity contribution in [1.82, 2.24) is 0 Å². The predicted octanol–water partition coefficient (Wildman–Crippen LogP) is 20.2. The molecule has 0 bridgehead atoms.